The molecule has 0 amide bonds. The van der Waals surface area contributed by atoms with Crippen molar-refractivity contribution in [1.82, 2.24) is 0 Å². The third kappa shape index (κ3) is 10.2. The highest BCUT2D eigenvalue weighted by Crippen LogP contribution is 2.54. The van der Waals surface area contributed by atoms with E-state index in [-0.39, 0.29) is 10.8 Å². The van der Waals surface area contributed by atoms with Crippen LogP contribution in [0.5, 0.6) is 23.0 Å². The van der Waals surface area contributed by atoms with Crippen molar-refractivity contribution in [1.29, 1.82) is 0 Å². The number of hydrogen-bond acceptors (Lipinski definition) is 8. The SMILES string of the molecule is C=COCCOc1ccc(C2(c3ccc(OCCOC=C)cc3)CCC(c3ccc(OCCOC=C)cc3)(c3ccc(OCCOC=C)cc3)CC2)cc1. The summed E-state index contributed by atoms with van der Waals surface area (Å²) < 4.78 is 44.8. The van der Waals surface area contributed by atoms with Gasteiger partial charge in [-0.3, -0.25) is 0 Å². The standard InChI is InChI=1S/C46H52O8/c1-5-47-29-33-51-41-17-9-37(10-18-41)45(38-11-19-42(20-12-38)52-34-30-48-6-2)25-27-46(28-26-45,39-13-21-43(22-14-39)53-35-31-49-7-3)40-15-23-44(24-16-40)54-36-32-50-8-4/h5-24H,1-4,25-36H2. The molecule has 0 N–H and O–H groups in total. The molecular weight excluding hydrogens is 680 g/mol. The molecule has 1 aliphatic carbocycles. The largest absolute Gasteiger partial charge is 0.498 e. The minimum atomic E-state index is -0.249. The Kier molecular flexibility index (Phi) is 15.0. The van der Waals surface area contributed by atoms with Crippen LogP contribution in [0.3, 0.4) is 0 Å². The molecule has 0 spiro atoms. The van der Waals surface area contributed by atoms with Crippen LogP contribution in [-0.4, -0.2) is 52.9 Å². The highest BCUT2D eigenvalue weighted by atomic mass is 16.5. The molecule has 4 aromatic rings. The predicted molar refractivity (Wildman–Crippen MR) is 212 cm³/mol. The number of rotatable bonds is 24. The fourth-order valence-electron chi connectivity index (χ4n) is 7.24. The van der Waals surface area contributed by atoms with Crippen molar-refractivity contribution in [2.75, 3.05) is 52.9 Å². The van der Waals surface area contributed by atoms with Crippen LogP contribution in [0.4, 0.5) is 0 Å². The summed E-state index contributed by atoms with van der Waals surface area (Å²) in [5, 5.41) is 0. The Hall–Kier alpha value is -5.76. The van der Waals surface area contributed by atoms with E-state index in [1.165, 1.54) is 47.3 Å². The molecule has 1 saturated carbocycles. The molecule has 284 valence electrons. The highest BCUT2D eigenvalue weighted by Gasteiger charge is 2.46. The van der Waals surface area contributed by atoms with Crippen molar-refractivity contribution < 1.29 is 37.9 Å². The van der Waals surface area contributed by atoms with E-state index in [9.17, 15) is 0 Å². The monoisotopic (exact) mass is 732 g/mol. The maximum Gasteiger partial charge on any atom is 0.122 e. The van der Waals surface area contributed by atoms with Gasteiger partial charge in [-0.05, 0) is 96.5 Å². The van der Waals surface area contributed by atoms with E-state index in [1.807, 2.05) is 0 Å². The van der Waals surface area contributed by atoms with Crippen molar-refractivity contribution in [3.8, 4) is 23.0 Å². The van der Waals surface area contributed by atoms with Gasteiger partial charge in [-0.25, -0.2) is 0 Å². The predicted octanol–water partition coefficient (Wildman–Crippen LogP) is 9.69. The van der Waals surface area contributed by atoms with Gasteiger partial charge in [0, 0.05) is 10.8 Å². The van der Waals surface area contributed by atoms with Crippen LogP contribution in [0.15, 0.2) is 148 Å². The number of hydrogen-bond donors (Lipinski definition) is 0. The summed E-state index contributed by atoms with van der Waals surface area (Å²) >= 11 is 0. The third-order valence-electron chi connectivity index (χ3n) is 9.94. The molecule has 0 aliphatic heterocycles. The average molecular weight is 733 g/mol. The first kappa shape index (κ1) is 39.4. The number of benzene rings is 4. The lowest BCUT2D eigenvalue weighted by Gasteiger charge is -2.48. The summed E-state index contributed by atoms with van der Waals surface area (Å²) in [6.07, 6.45) is 9.33. The Labute approximate surface area is 320 Å². The van der Waals surface area contributed by atoms with Crippen LogP contribution in [0.1, 0.15) is 47.9 Å². The fraction of sp³-hybridized carbons (Fsp3) is 0.304. The first-order chi connectivity index (χ1) is 26.6. The summed E-state index contributed by atoms with van der Waals surface area (Å²) in [6.45, 7) is 17.9. The van der Waals surface area contributed by atoms with Gasteiger partial charge >= 0.3 is 0 Å². The van der Waals surface area contributed by atoms with Gasteiger partial charge in [0.1, 0.15) is 75.9 Å². The van der Waals surface area contributed by atoms with Crippen molar-refractivity contribution in [2.24, 2.45) is 0 Å². The van der Waals surface area contributed by atoms with Crippen LogP contribution in [0.25, 0.3) is 0 Å². The minimum absolute atomic E-state index is 0.249. The summed E-state index contributed by atoms with van der Waals surface area (Å²) in [6, 6.07) is 34.1. The number of ether oxygens (including phenoxy) is 8. The maximum absolute atomic E-state index is 5.95. The van der Waals surface area contributed by atoms with Gasteiger partial charge in [-0.1, -0.05) is 74.8 Å². The van der Waals surface area contributed by atoms with E-state index < -0.39 is 0 Å². The van der Waals surface area contributed by atoms with Crippen molar-refractivity contribution >= 4 is 0 Å². The maximum atomic E-state index is 5.95. The average Bonchev–Trinajstić information content (AvgIpc) is 3.22. The van der Waals surface area contributed by atoms with Gasteiger partial charge in [0.15, 0.2) is 0 Å². The molecule has 4 aromatic carbocycles. The second kappa shape index (κ2) is 20.5. The zero-order valence-corrected chi connectivity index (χ0v) is 31.1. The van der Waals surface area contributed by atoms with E-state index in [0.29, 0.717) is 52.9 Å². The van der Waals surface area contributed by atoms with E-state index in [1.54, 1.807) is 0 Å². The van der Waals surface area contributed by atoms with E-state index in [2.05, 4.69) is 123 Å². The molecule has 54 heavy (non-hydrogen) atoms. The van der Waals surface area contributed by atoms with Crippen molar-refractivity contribution in [2.45, 2.75) is 36.5 Å². The van der Waals surface area contributed by atoms with Crippen molar-refractivity contribution in [3.63, 3.8) is 0 Å². The first-order valence-corrected chi connectivity index (χ1v) is 18.4. The normalized spacial score (nSPS) is 14.1. The van der Waals surface area contributed by atoms with Crippen LogP contribution >= 0.6 is 0 Å². The molecule has 0 radical (unpaired) electrons. The van der Waals surface area contributed by atoms with Gasteiger partial charge in [0.2, 0.25) is 0 Å². The van der Waals surface area contributed by atoms with Crippen molar-refractivity contribution in [3.05, 3.63) is 171 Å². The Morgan fingerprint density at radius 1 is 0.333 bits per heavy atom. The lowest BCUT2D eigenvalue weighted by atomic mass is 9.55. The zero-order chi connectivity index (χ0) is 37.9. The molecule has 5 rings (SSSR count). The van der Waals surface area contributed by atoms with Gasteiger partial charge in [-0.15, -0.1) is 0 Å². The second-order valence-corrected chi connectivity index (χ2v) is 12.8. The molecule has 0 saturated heterocycles. The lowest BCUT2D eigenvalue weighted by molar-refractivity contribution is 0.179. The molecular formula is C46H52O8. The van der Waals surface area contributed by atoms with E-state index in [4.69, 9.17) is 37.9 Å². The molecule has 1 aliphatic rings. The smallest absolute Gasteiger partial charge is 0.122 e. The molecule has 1 fully saturated rings. The van der Waals surface area contributed by atoms with E-state index >= 15 is 0 Å². The third-order valence-corrected chi connectivity index (χ3v) is 9.94. The second-order valence-electron chi connectivity index (χ2n) is 12.8. The topological polar surface area (TPSA) is 73.8 Å². The summed E-state index contributed by atoms with van der Waals surface area (Å²) in [5.41, 5.74) is 4.48. The highest BCUT2D eigenvalue weighted by molar-refractivity contribution is 5.49. The Balaban J connectivity index is 1.46. The Bertz CT molecular complexity index is 1470. The van der Waals surface area contributed by atoms with Crippen LogP contribution in [0, 0.1) is 0 Å². The molecule has 8 heteroatoms. The van der Waals surface area contributed by atoms with E-state index in [0.717, 1.165) is 48.7 Å². The molecule has 0 atom stereocenters. The molecule has 0 bridgehead atoms. The summed E-state index contributed by atoms with van der Waals surface area (Å²) in [4.78, 5) is 0. The molecule has 0 unspecified atom stereocenters. The van der Waals surface area contributed by atoms with Gasteiger partial charge < -0.3 is 37.9 Å². The van der Waals surface area contributed by atoms with Gasteiger partial charge in [-0.2, -0.15) is 0 Å². The zero-order valence-electron chi connectivity index (χ0n) is 31.1. The fourth-order valence-corrected chi connectivity index (χ4v) is 7.24. The quantitative estimate of drug-likeness (QED) is 0.0521. The molecule has 8 nitrogen and oxygen atoms in total. The lowest BCUT2D eigenvalue weighted by Crippen LogP contribution is -2.41. The minimum Gasteiger partial charge on any atom is -0.498 e. The van der Waals surface area contributed by atoms with Crippen LogP contribution in [0.2, 0.25) is 0 Å². The molecule has 0 heterocycles. The Morgan fingerprint density at radius 3 is 0.722 bits per heavy atom. The van der Waals surface area contributed by atoms with Crippen LogP contribution < -0.4 is 18.9 Å². The summed E-state index contributed by atoms with van der Waals surface area (Å²) in [7, 11) is 0. The molecule has 0 aromatic heterocycles. The summed E-state index contributed by atoms with van der Waals surface area (Å²) in [5.74, 6) is 3.20. The van der Waals surface area contributed by atoms with Gasteiger partial charge in [0.05, 0.1) is 25.0 Å². The van der Waals surface area contributed by atoms with Crippen LogP contribution in [-0.2, 0) is 29.8 Å². The van der Waals surface area contributed by atoms with Gasteiger partial charge in [0.25, 0.3) is 0 Å². The Morgan fingerprint density at radius 2 is 0.537 bits per heavy atom. The first-order valence-electron chi connectivity index (χ1n) is 18.4.